The Hall–Kier alpha value is -3.31. The number of benzene rings is 3. The van der Waals surface area contributed by atoms with Gasteiger partial charge in [-0.25, -0.2) is 5.43 Å². The largest absolute Gasteiger partial charge is 0.484 e. The van der Waals surface area contributed by atoms with Crippen LogP contribution in [0.15, 0.2) is 59.7 Å². The second-order valence-corrected chi connectivity index (χ2v) is 7.87. The molecule has 4 rings (SSSR count). The minimum Gasteiger partial charge on any atom is -0.484 e. The van der Waals surface area contributed by atoms with Gasteiger partial charge in [-0.3, -0.25) is 4.79 Å². The molecule has 0 bridgehead atoms. The number of hydrogen-bond donors (Lipinski definition) is 1. The van der Waals surface area contributed by atoms with E-state index < -0.39 is 0 Å². The van der Waals surface area contributed by atoms with Gasteiger partial charge in [0.05, 0.1) is 6.21 Å². The molecule has 6 heteroatoms. The van der Waals surface area contributed by atoms with E-state index in [0.717, 1.165) is 23.2 Å². The third kappa shape index (κ3) is 4.28. The average Bonchev–Trinajstić information content (AvgIpc) is 3.09. The highest BCUT2D eigenvalue weighted by Crippen LogP contribution is 2.29. The van der Waals surface area contributed by atoms with Gasteiger partial charge in [0.2, 0.25) is 0 Å². The summed E-state index contributed by atoms with van der Waals surface area (Å²) in [4.78, 5) is 12.1. The molecule has 0 unspecified atom stereocenters. The summed E-state index contributed by atoms with van der Waals surface area (Å²) in [5.74, 6) is 0.279. The molecule has 0 aliphatic carbocycles. The van der Waals surface area contributed by atoms with Gasteiger partial charge in [0.25, 0.3) is 5.91 Å². The Morgan fingerprint density at radius 3 is 2.52 bits per heavy atom. The Morgan fingerprint density at radius 2 is 1.77 bits per heavy atom. The van der Waals surface area contributed by atoms with Crippen LogP contribution in [-0.4, -0.2) is 23.3 Å². The number of halogens is 1. The molecule has 1 heterocycles. The fourth-order valence-electron chi connectivity index (χ4n) is 3.84. The number of carbonyl (C=O) groups is 1. The first-order valence-electron chi connectivity index (χ1n) is 10.2. The smallest absolute Gasteiger partial charge is 0.277 e. The van der Waals surface area contributed by atoms with Crippen LogP contribution in [0, 0.1) is 13.8 Å². The summed E-state index contributed by atoms with van der Waals surface area (Å²) in [5.41, 5.74) is 7.66. The third-order valence-corrected chi connectivity index (χ3v) is 5.89. The Balaban J connectivity index is 1.44. The highest BCUT2D eigenvalue weighted by molar-refractivity contribution is 6.32. The second kappa shape index (κ2) is 8.82. The van der Waals surface area contributed by atoms with E-state index in [2.05, 4.69) is 52.3 Å². The van der Waals surface area contributed by atoms with Crippen molar-refractivity contribution >= 4 is 45.5 Å². The predicted octanol–water partition coefficient (Wildman–Crippen LogP) is 5.61. The summed E-state index contributed by atoms with van der Waals surface area (Å²) in [6, 6.07) is 18.2. The molecule has 0 aliphatic heterocycles. The fraction of sp³-hybridized carbons (Fsp3) is 0.200. The highest BCUT2D eigenvalue weighted by Gasteiger charge is 2.09. The zero-order chi connectivity index (χ0) is 22.0. The fourth-order valence-corrected chi connectivity index (χ4v) is 3.95. The molecule has 5 nitrogen and oxygen atoms in total. The Kier molecular flexibility index (Phi) is 5.96. The lowest BCUT2D eigenvalue weighted by atomic mass is 10.1. The normalized spacial score (nSPS) is 11.5. The van der Waals surface area contributed by atoms with Gasteiger partial charge in [0, 0.05) is 33.4 Å². The van der Waals surface area contributed by atoms with Crippen molar-refractivity contribution in [1.29, 1.82) is 0 Å². The maximum absolute atomic E-state index is 12.1. The Bertz CT molecular complexity index is 1280. The number of para-hydroxylation sites is 1. The van der Waals surface area contributed by atoms with E-state index in [9.17, 15) is 4.79 Å². The number of nitrogens with zero attached hydrogens (tertiary/aromatic N) is 2. The number of ether oxygens (including phenoxy) is 1. The minimum absolute atomic E-state index is 0.124. The summed E-state index contributed by atoms with van der Waals surface area (Å²) >= 11 is 6.16. The maximum atomic E-state index is 12.1. The first kappa shape index (κ1) is 20.9. The maximum Gasteiger partial charge on any atom is 0.277 e. The molecule has 0 fully saturated rings. The number of rotatable bonds is 6. The van der Waals surface area contributed by atoms with Crippen molar-refractivity contribution in [2.24, 2.45) is 5.10 Å². The van der Waals surface area contributed by atoms with Gasteiger partial charge in [-0.1, -0.05) is 35.9 Å². The number of fused-ring (bicyclic) bond motifs is 3. The number of amides is 1. The Morgan fingerprint density at radius 1 is 1.06 bits per heavy atom. The van der Waals surface area contributed by atoms with Crippen LogP contribution in [0.5, 0.6) is 5.75 Å². The molecule has 0 saturated carbocycles. The van der Waals surface area contributed by atoms with Crippen molar-refractivity contribution in [3.05, 3.63) is 76.3 Å². The zero-order valence-electron chi connectivity index (χ0n) is 17.8. The van der Waals surface area contributed by atoms with Gasteiger partial charge < -0.3 is 9.30 Å². The van der Waals surface area contributed by atoms with Gasteiger partial charge in [-0.2, -0.15) is 5.10 Å². The van der Waals surface area contributed by atoms with Gasteiger partial charge in [0.1, 0.15) is 5.75 Å². The summed E-state index contributed by atoms with van der Waals surface area (Å²) in [5, 5.41) is 7.17. The minimum atomic E-state index is -0.329. The standard InChI is InChI=1S/C25H24ClN3O2/c1-4-29-22-8-6-5-7-20(22)21-13-18(9-10-23(21)29)14-27-28-24(30)15-31-19-11-16(2)25(26)17(3)12-19/h5-14H,4,15H2,1-3H3,(H,28,30)/b27-14+. The van der Waals surface area contributed by atoms with Crippen LogP contribution in [-0.2, 0) is 11.3 Å². The SMILES string of the molecule is CCn1c2ccccc2c2cc(/C=N/NC(=O)COc3cc(C)c(Cl)c(C)c3)ccc21. The first-order valence-corrected chi connectivity index (χ1v) is 10.6. The van der Waals surface area contributed by atoms with Crippen LogP contribution in [0.1, 0.15) is 23.6 Å². The number of hydrazone groups is 1. The summed E-state index contributed by atoms with van der Waals surface area (Å²) in [7, 11) is 0. The van der Waals surface area contributed by atoms with E-state index in [1.54, 1.807) is 6.21 Å². The summed E-state index contributed by atoms with van der Waals surface area (Å²) in [6.45, 7) is 6.73. The topological polar surface area (TPSA) is 55.6 Å². The molecular weight excluding hydrogens is 410 g/mol. The zero-order valence-corrected chi connectivity index (χ0v) is 18.5. The second-order valence-electron chi connectivity index (χ2n) is 7.49. The molecule has 4 aromatic rings. The number of carbonyl (C=O) groups excluding carboxylic acids is 1. The number of hydrogen-bond acceptors (Lipinski definition) is 3. The lowest BCUT2D eigenvalue weighted by molar-refractivity contribution is -0.123. The van der Waals surface area contributed by atoms with Crippen LogP contribution in [0.4, 0.5) is 0 Å². The van der Waals surface area contributed by atoms with Crippen molar-refractivity contribution in [3.63, 3.8) is 0 Å². The van der Waals surface area contributed by atoms with Crippen molar-refractivity contribution in [2.75, 3.05) is 6.61 Å². The van der Waals surface area contributed by atoms with E-state index >= 15 is 0 Å². The van der Waals surface area contributed by atoms with E-state index in [-0.39, 0.29) is 12.5 Å². The van der Waals surface area contributed by atoms with Crippen molar-refractivity contribution in [2.45, 2.75) is 27.3 Å². The molecule has 1 aromatic heterocycles. The van der Waals surface area contributed by atoms with E-state index in [4.69, 9.17) is 16.3 Å². The first-order chi connectivity index (χ1) is 15.0. The van der Waals surface area contributed by atoms with Crippen LogP contribution in [0.2, 0.25) is 5.02 Å². The molecule has 1 N–H and O–H groups in total. The molecule has 1 amide bonds. The lowest BCUT2D eigenvalue weighted by Crippen LogP contribution is -2.24. The molecule has 0 radical (unpaired) electrons. The van der Waals surface area contributed by atoms with Crippen LogP contribution in [0.3, 0.4) is 0 Å². The number of aromatic nitrogens is 1. The molecule has 158 valence electrons. The van der Waals surface area contributed by atoms with Gasteiger partial charge >= 0.3 is 0 Å². The Labute approximate surface area is 186 Å². The monoisotopic (exact) mass is 433 g/mol. The molecule has 0 aliphatic rings. The van der Waals surface area contributed by atoms with Crippen LogP contribution >= 0.6 is 11.6 Å². The van der Waals surface area contributed by atoms with Crippen molar-refractivity contribution in [1.82, 2.24) is 9.99 Å². The highest BCUT2D eigenvalue weighted by atomic mass is 35.5. The molecule has 31 heavy (non-hydrogen) atoms. The van der Waals surface area contributed by atoms with Crippen LogP contribution < -0.4 is 10.2 Å². The third-order valence-electron chi connectivity index (χ3n) is 5.30. The molecular formula is C25H24ClN3O2. The van der Waals surface area contributed by atoms with Gasteiger partial charge in [-0.15, -0.1) is 0 Å². The van der Waals surface area contributed by atoms with Crippen LogP contribution in [0.25, 0.3) is 21.8 Å². The predicted molar refractivity (Wildman–Crippen MR) is 127 cm³/mol. The van der Waals surface area contributed by atoms with Gasteiger partial charge in [-0.05, 0) is 67.8 Å². The molecule has 3 aromatic carbocycles. The lowest BCUT2D eigenvalue weighted by Gasteiger charge is -2.09. The number of aryl methyl sites for hydroxylation is 3. The summed E-state index contributed by atoms with van der Waals surface area (Å²) < 4.78 is 7.86. The molecule has 0 spiro atoms. The average molecular weight is 434 g/mol. The molecule has 0 saturated heterocycles. The number of nitrogens with one attached hydrogen (secondary N) is 1. The van der Waals surface area contributed by atoms with Gasteiger partial charge in [0.15, 0.2) is 6.61 Å². The van der Waals surface area contributed by atoms with E-state index in [0.29, 0.717) is 10.8 Å². The van der Waals surface area contributed by atoms with Crippen molar-refractivity contribution < 1.29 is 9.53 Å². The molecule has 0 atom stereocenters. The quantitative estimate of drug-likeness (QED) is 0.317. The van der Waals surface area contributed by atoms with E-state index in [1.807, 2.05) is 38.1 Å². The summed E-state index contributed by atoms with van der Waals surface area (Å²) in [6.07, 6.45) is 1.64. The van der Waals surface area contributed by atoms with Crippen molar-refractivity contribution in [3.8, 4) is 5.75 Å². The van der Waals surface area contributed by atoms with E-state index in [1.165, 1.54) is 21.8 Å².